The van der Waals surface area contributed by atoms with Crippen LogP contribution in [0.1, 0.15) is 15.9 Å². The number of nitrogens with one attached hydrogen (secondary N) is 1. The second-order valence-electron chi connectivity index (χ2n) is 5.32. The van der Waals surface area contributed by atoms with E-state index < -0.39 is 0 Å². The Hall–Kier alpha value is -1.65. The van der Waals surface area contributed by atoms with Gasteiger partial charge in [-0.05, 0) is 42.8 Å². The lowest BCUT2D eigenvalue weighted by Gasteiger charge is -2.27. The lowest BCUT2D eigenvalue weighted by molar-refractivity contribution is 0.102. The van der Waals surface area contributed by atoms with Gasteiger partial charge in [0.2, 0.25) is 0 Å². The fourth-order valence-corrected chi connectivity index (χ4v) is 3.72. The molecule has 0 saturated carbocycles. The molecule has 1 N–H and O–H groups in total. The van der Waals surface area contributed by atoms with E-state index in [9.17, 15) is 4.79 Å². The van der Waals surface area contributed by atoms with Crippen LogP contribution in [-0.2, 0) is 0 Å². The van der Waals surface area contributed by atoms with Gasteiger partial charge in [-0.3, -0.25) is 4.79 Å². The molecule has 1 amide bonds. The predicted molar refractivity (Wildman–Crippen MR) is 94.6 cm³/mol. The highest BCUT2D eigenvalue weighted by Gasteiger charge is 2.17. The average molecular weight is 333 g/mol. The van der Waals surface area contributed by atoms with Crippen molar-refractivity contribution in [3.05, 3.63) is 52.5 Å². The monoisotopic (exact) mass is 332 g/mol. The molecule has 0 fully saturated rings. The summed E-state index contributed by atoms with van der Waals surface area (Å²) in [7, 11) is 2.06. The number of nitrogens with zero attached hydrogens (tertiary/aromatic N) is 1. The summed E-state index contributed by atoms with van der Waals surface area (Å²) in [6, 6.07) is 11.4. The smallest absolute Gasteiger partial charge is 0.255 e. The van der Waals surface area contributed by atoms with Crippen LogP contribution < -0.4 is 10.2 Å². The zero-order chi connectivity index (χ0) is 15.7. The quantitative estimate of drug-likeness (QED) is 0.882. The molecule has 1 heterocycles. The maximum atomic E-state index is 12.5. The first kappa shape index (κ1) is 15.3. The van der Waals surface area contributed by atoms with E-state index in [0.717, 1.165) is 29.2 Å². The standard InChI is InChI=1S/C17H17ClN2OS/c1-11-13(18)4-3-5-14(11)19-17(21)12-6-7-16-15(10-12)20(2)8-9-22-16/h3-7,10H,8-9H2,1-2H3,(H,19,21). The molecular formula is C17H17ClN2OS. The zero-order valence-corrected chi connectivity index (χ0v) is 14.1. The van der Waals surface area contributed by atoms with Crippen LogP contribution in [0.5, 0.6) is 0 Å². The van der Waals surface area contributed by atoms with Gasteiger partial charge in [-0.1, -0.05) is 17.7 Å². The Balaban J connectivity index is 1.86. The number of anilines is 2. The van der Waals surface area contributed by atoms with Crippen LogP contribution >= 0.6 is 23.4 Å². The van der Waals surface area contributed by atoms with Crippen molar-refractivity contribution in [2.75, 3.05) is 29.6 Å². The van der Waals surface area contributed by atoms with Gasteiger partial charge in [0.05, 0.1) is 5.69 Å². The van der Waals surface area contributed by atoms with Crippen LogP contribution in [0.25, 0.3) is 0 Å². The summed E-state index contributed by atoms with van der Waals surface area (Å²) >= 11 is 7.93. The third kappa shape index (κ3) is 2.94. The van der Waals surface area contributed by atoms with Gasteiger partial charge < -0.3 is 10.2 Å². The van der Waals surface area contributed by atoms with E-state index >= 15 is 0 Å². The highest BCUT2D eigenvalue weighted by atomic mass is 35.5. The summed E-state index contributed by atoms with van der Waals surface area (Å²) < 4.78 is 0. The lowest BCUT2D eigenvalue weighted by Crippen LogP contribution is -2.25. The SMILES string of the molecule is Cc1c(Cl)cccc1NC(=O)c1ccc2c(c1)N(C)CCS2. The van der Waals surface area contributed by atoms with Gasteiger partial charge in [0.25, 0.3) is 5.91 Å². The van der Waals surface area contributed by atoms with Crippen molar-refractivity contribution in [3.63, 3.8) is 0 Å². The molecule has 0 spiro atoms. The molecule has 0 radical (unpaired) electrons. The molecule has 3 rings (SSSR count). The van der Waals surface area contributed by atoms with Crippen molar-refractivity contribution in [3.8, 4) is 0 Å². The Bertz CT molecular complexity index is 733. The van der Waals surface area contributed by atoms with Crippen molar-refractivity contribution >= 4 is 40.6 Å². The van der Waals surface area contributed by atoms with Crippen molar-refractivity contribution in [1.82, 2.24) is 0 Å². The number of carbonyl (C=O) groups is 1. The second kappa shape index (κ2) is 6.23. The van der Waals surface area contributed by atoms with Crippen molar-refractivity contribution in [2.24, 2.45) is 0 Å². The Kier molecular flexibility index (Phi) is 4.32. The van der Waals surface area contributed by atoms with Gasteiger partial charge in [0.15, 0.2) is 0 Å². The first-order chi connectivity index (χ1) is 10.6. The number of carbonyl (C=O) groups excluding carboxylic acids is 1. The van der Waals surface area contributed by atoms with E-state index in [4.69, 9.17) is 11.6 Å². The minimum Gasteiger partial charge on any atom is -0.373 e. The second-order valence-corrected chi connectivity index (χ2v) is 6.86. The van der Waals surface area contributed by atoms with Gasteiger partial charge in [-0.25, -0.2) is 0 Å². The van der Waals surface area contributed by atoms with Crippen molar-refractivity contribution < 1.29 is 4.79 Å². The van der Waals surface area contributed by atoms with Crippen molar-refractivity contribution in [1.29, 1.82) is 0 Å². The summed E-state index contributed by atoms with van der Waals surface area (Å²) in [5, 5.41) is 3.59. The number of hydrogen-bond acceptors (Lipinski definition) is 3. The van der Waals surface area contributed by atoms with Crippen LogP contribution in [0, 0.1) is 6.92 Å². The summed E-state index contributed by atoms with van der Waals surface area (Å²) in [4.78, 5) is 15.9. The maximum absolute atomic E-state index is 12.5. The Morgan fingerprint density at radius 1 is 1.32 bits per heavy atom. The topological polar surface area (TPSA) is 32.3 Å². The highest BCUT2D eigenvalue weighted by Crippen LogP contribution is 2.34. The summed E-state index contributed by atoms with van der Waals surface area (Å²) in [6.45, 7) is 2.89. The number of amides is 1. The largest absolute Gasteiger partial charge is 0.373 e. The van der Waals surface area contributed by atoms with E-state index in [1.165, 1.54) is 4.90 Å². The molecule has 22 heavy (non-hydrogen) atoms. The number of rotatable bonds is 2. The molecule has 1 aliphatic heterocycles. The number of benzene rings is 2. The van der Waals surface area contributed by atoms with Crippen LogP contribution in [0.15, 0.2) is 41.3 Å². The van der Waals surface area contributed by atoms with Crippen LogP contribution in [0.4, 0.5) is 11.4 Å². The number of hydrogen-bond donors (Lipinski definition) is 1. The molecule has 0 aromatic heterocycles. The summed E-state index contributed by atoms with van der Waals surface area (Å²) in [5.74, 6) is 0.966. The lowest BCUT2D eigenvalue weighted by atomic mass is 10.1. The molecular weight excluding hydrogens is 316 g/mol. The third-order valence-electron chi connectivity index (χ3n) is 3.83. The molecule has 2 aromatic carbocycles. The molecule has 0 saturated heterocycles. The van der Waals surface area contributed by atoms with E-state index in [1.54, 1.807) is 0 Å². The molecule has 0 unspecified atom stereocenters. The molecule has 1 aliphatic rings. The average Bonchev–Trinajstić information content (AvgIpc) is 2.52. The van der Waals surface area contributed by atoms with E-state index in [-0.39, 0.29) is 5.91 Å². The third-order valence-corrected chi connectivity index (χ3v) is 5.28. The van der Waals surface area contributed by atoms with Gasteiger partial charge in [0, 0.05) is 40.5 Å². The van der Waals surface area contributed by atoms with E-state index in [0.29, 0.717) is 10.6 Å². The number of halogens is 1. The van der Waals surface area contributed by atoms with E-state index in [1.807, 2.05) is 55.1 Å². The van der Waals surface area contributed by atoms with Crippen LogP contribution in [0.2, 0.25) is 5.02 Å². The number of thioether (sulfide) groups is 1. The molecule has 2 aromatic rings. The molecule has 0 atom stereocenters. The fourth-order valence-electron chi connectivity index (χ4n) is 2.43. The Labute approximate surface area is 139 Å². The van der Waals surface area contributed by atoms with E-state index in [2.05, 4.69) is 17.3 Å². The van der Waals surface area contributed by atoms with Crippen molar-refractivity contribution in [2.45, 2.75) is 11.8 Å². The molecule has 0 bridgehead atoms. The maximum Gasteiger partial charge on any atom is 0.255 e. The normalized spacial score (nSPS) is 13.7. The molecule has 5 heteroatoms. The van der Waals surface area contributed by atoms with Gasteiger partial charge in [-0.2, -0.15) is 0 Å². The molecule has 3 nitrogen and oxygen atoms in total. The Morgan fingerprint density at radius 2 is 2.14 bits per heavy atom. The molecule has 114 valence electrons. The van der Waals surface area contributed by atoms with Gasteiger partial charge in [-0.15, -0.1) is 11.8 Å². The summed E-state index contributed by atoms with van der Waals surface area (Å²) in [5.41, 5.74) is 3.40. The highest BCUT2D eigenvalue weighted by molar-refractivity contribution is 7.99. The molecule has 0 aliphatic carbocycles. The zero-order valence-electron chi connectivity index (χ0n) is 12.5. The fraction of sp³-hybridized carbons (Fsp3) is 0.235. The first-order valence-corrected chi connectivity index (χ1v) is 8.47. The Morgan fingerprint density at radius 3 is 2.95 bits per heavy atom. The first-order valence-electron chi connectivity index (χ1n) is 7.11. The van der Waals surface area contributed by atoms with Crippen LogP contribution in [-0.4, -0.2) is 25.3 Å². The van der Waals surface area contributed by atoms with Gasteiger partial charge in [0.1, 0.15) is 0 Å². The van der Waals surface area contributed by atoms with Gasteiger partial charge >= 0.3 is 0 Å². The minimum absolute atomic E-state index is 0.114. The minimum atomic E-state index is -0.114. The van der Waals surface area contributed by atoms with Crippen LogP contribution in [0.3, 0.4) is 0 Å². The number of fused-ring (bicyclic) bond motifs is 1. The predicted octanol–water partition coefficient (Wildman–Crippen LogP) is 4.44. The summed E-state index contributed by atoms with van der Waals surface area (Å²) in [6.07, 6.45) is 0.